The third-order valence-corrected chi connectivity index (χ3v) is 3.88. The van der Waals surface area contributed by atoms with Crippen molar-refractivity contribution in [2.24, 2.45) is 0 Å². The highest BCUT2D eigenvalue weighted by Gasteiger charge is 2.14. The van der Waals surface area contributed by atoms with Crippen molar-refractivity contribution in [3.8, 4) is 6.07 Å². The second kappa shape index (κ2) is 7.96. The summed E-state index contributed by atoms with van der Waals surface area (Å²) in [7, 11) is 3.77. The van der Waals surface area contributed by atoms with Gasteiger partial charge in [0.15, 0.2) is 0 Å². The zero-order chi connectivity index (χ0) is 15.1. The molecule has 114 valence electrons. The molecule has 2 rings (SSSR count). The molecule has 0 amide bonds. The molecule has 0 aromatic carbocycles. The van der Waals surface area contributed by atoms with Crippen molar-refractivity contribution >= 4 is 5.82 Å². The molecule has 0 saturated carbocycles. The van der Waals surface area contributed by atoms with E-state index in [-0.39, 0.29) is 0 Å². The highest BCUT2D eigenvalue weighted by atomic mass is 16.5. The number of aromatic nitrogens is 1. The first-order valence-electron chi connectivity index (χ1n) is 7.59. The van der Waals surface area contributed by atoms with Crippen LogP contribution >= 0.6 is 0 Å². The molecule has 1 aromatic heterocycles. The second-order valence-corrected chi connectivity index (χ2v) is 5.53. The van der Waals surface area contributed by atoms with Gasteiger partial charge in [0.1, 0.15) is 11.9 Å². The van der Waals surface area contributed by atoms with Gasteiger partial charge in [0.2, 0.25) is 0 Å². The van der Waals surface area contributed by atoms with Crippen molar-refractivity contribution < 1.29 is 4.74 Å². The summed E-state index contributed by atoms with van der Waals surface area (Å²) < 4.78 is 5.06. The quantitative estimate of drug-likeness (QED) is 0.829. The number of aryl methyl sites for hydroxylation is 2. The number of rotatable bonds is 7. The zero-order valence-electron chi connectivity index (χ0n) is 13.0. The predicted molar refractivity (Wildman–Crippen MR) is 83.5 cm³/mol. The number of ether oxygens (including phenoxy) is 1. The Morgan fingerprint density at radius 1 is 1.38 bits per heavy atom. The predicted octanol–water partition coefficient (Wildman–Crippen LogP) is 1.82. The third kappa shape index (κ3) is 4.42. The van der Waals surface area contributed by atoms with E-state index in [1.165, 1.54) is 18.4 Å². The van der Waals surface area contributed by atoms with Crippen LogP contribution in [-0.4, -0.2) is 50.3 Å². The van der Waals surface area contributed by atoms with E-state index in [9.17, 15) is 5.26 Å². The molecule has 1 aliphatic carbocycles. The number of likely N-dealkylation sites (N-methyl/N-ethyl adjacent to an activating group) is 1. The van der Waals surface area contributed by atoms with E-state index in [4.69, 9.17) is 4.74 Å². The maximum absolute atomic E-state index is 9.29. The average molecular weight is 288 g/mol. The van der Waals surface area contributed by atoms with Crippen molar-refractivity contribution in [2.45, 2.75) is 25.7 Å². The number of hydrogen-bond donors (Lipinski definition) is 1. The van der Waals surface area contributed by atoms with Gasteiger partial charge in [-0.2, -0.15) is 5.26 Å². The molecule has 0 spiro atoms. The van der Waals surface area contributed by atoms with Crippen LogP contribution in [0, 0.1) is 11.3 Å². The van der Waals surface area contributed by atoms with Crippen LogP contribution in [0.1, 0.15) is 29.7 Å². The molecule has 0 fully saturated rings. The Morgan fingerprint density at radius 2 is 2.19 bits per heavy atom. The fraction of sp³-hybridized carbons (Fsp3) is 0.625. The molecule has 1 N–H and O–H groups in total. The van der Waals surface area contributed by atoms with Crippen LogP contribution in [0.3, 0.4) is 0 Å². The van der Waals surface area contributed by atoms with Gasteiger partial charge in [0.25, 0.3) is 0 Å². The Bertz CT molecular complexity index is 510. The van der Waals surface area contributed by atoms with Crippen LogP contribution in [-0.2, 0) is 17.6 Å². The zero-order valence-corrected chi connectivity index (χ0v) is 13.0. The molecule has 0 unspecified atom stereocenters. The average Bonchev–Trinajstić information content (AvgIpc) is 2.52. The van der Waals surface area contributed by atoms with Gasteiger partial charge >= 0.3 is 0 Å². The van der Waals surface area contributed by atoms with Gasteiger partial charge < -0.3 is 15.0 Å². The Morgan fingerprint density at radius 3 is 2.95 bits per heavy atom. The van der Waals surface area contributed by atoms with Gasteiger partial charge in [-0.25, -0.2) is 4.98 Å². The first-order chi connectivity index (χ1) is 10.2. The van der Waals surface area contributed by atoms with Crippen molar-refractivity contribution in [1.82, 2.24) is 9.88 Å². The van der Waals surface area contributed by atoms with Crippen LogP contribution in [0.2, 0.25) is 0 Å². The van der Waals surface area contributed by atoms with E-state index in [2.05, 4.69) is 28.3 Å². The first kappa shape index (κ1) is 15.7. The van der Waals surface area contributed by atoms with E-state index in [0.29, 0.717) is 5.56 Å². The second-order valence-electron chi connectivity index (χ2n) is 5.53. The smallest absolute Gasteiger partial charge is 0.144 e. The molecule has 1 aromatic rings. The van der Waals surface area contributed by atoms with E-state index >= 15 is 0 Å². The lowest BCUT2D eigenvalue weighted by molar-refractivity contribution is 0.163. The molecular weight excluding hydrogens is 264 g/mol. The summed E-state index contributed by atoms with van der Waals surface area (Å²) in [4.78, 5) is 6.86. The number of anilines is 1. The van der Waals surface area contributed by atoms with Crippen LogP contribution in [0.5, 0.6) is 0 Å². The normalized spacial score (nSPS) is 13.8. The van der Waals surface area contributed by atoms with Crippen LogP contribution < -0.4 is 5.32 Å². The Labute approximate surface area is 126 Å². The summed E-state index contributed by atoms with van der Waals surface area (Å²) >= 11 is 0. The lowest BCUT2D eigenvalue weighted by Gasteiger charge is -2.19. The van der Waals surface area contributed by atoms with Gasteiger partial charge in [-0.1, -0.05) is 0 Å². The Hall–Kier alpha value is -1.64. The monoisotopic (exact) mass is 288 g/mol. The first-order valence-corrected chi connectivity index (χ1v) is 7.59. The lowest BCUT2D eigenvalue weighted by Crippen LogP contribution is -2.28. The summed E-state index contributed by atoms with van der Waals surface area (Å²) in [6, 6.07) is 4.27. The van der Waals surface area contributed by atoms with E-state index in [1.54, 1.807) is 7.11 Å². The topological polar surface area (TPSA) is 61.2 Å². The van der Waals surface area contributed by atoms with Crippen molar-refractivity contribution in [3.05, 3.63) is 22.9 Å². The number of nitrogens with zero attached hydrogens (tertiary/aromatic N) is 3. The molecule has 1 aliphatic rings. The lowest BCUT2D eigenvalue weighted by atomic mass is 9.95. The summed E-state index contributed by atoms with van der Waals surface area (Å²) in [5.74, 6) is 0.735. The van der Waals surface area contributed by atoms with Gasteiger partial charge in [0.05, 0.1) is 12.2 Å². The number of fused-ring (bicyclic) bond motifs is 1. The Kier molecular flexibility index (Phi) is 5.97. The molecule has 5 heteroatoms. The van der Waals surface area contributed by atoms with Crippen LogP contribution in [0.25, 0.3) is 0 Å². The number of nitrogens with one attached hydrogen (secondary N) is 1. The van der Waals surface area contributed by atoms with E-state index in [0.717, 1.165) is 50.6 Å². The van der Waals surface area contributed by atoms with Crippen LogP contribution in [0.15, 0.2) is 6.07 Å². The highest BCUT2D eigenvalue weighted by molar-refractivity contribution is 5.54. The standard InChI is InChI=1S/C16H24N4O/c1-20(9-10-21-2)8-7-18-16-14(12-17)11-13-5-3-4-6-15(13)19-16/h11H,3-10H2,1-2H3,(H,18,19). The number of nitriles is 1. The molecular formula is C16H24N4O. The van der Waals surface area contributed by atoms with Gasteiger partial charge in [-0.3, -0.25) is 0 Å². The highest BCUT2D eigenvalue weighted by Crippen LogP contribution is 2.24. The summed E-state index contributed by atoms with van der Waals surface area (Å²) in [5, 5.41) is 12.6. The number of pyridine rings is 1. The minimum absolute atomic E-state index is 0.662. The Balaban J connectivity index is 1.95. The van der Waals surface area contributed by atoms with E-state index in [1.807, 2.05) is 6.07 Å². The summed E-state index contributed by atoms with van der Waals surface area (Å²) in [5.41, 5.74) is 3.08. The van der Waals surface area contributed by atoms with Crippen molar-refractivity contribution in [2.75, 3.05) is 45.7 Å². The SMILES string of the molecule is COCCN(C)CCNc1nc2c(cc1C#N)CCCC2. The molecule has 0 saturated heterocycles. The van der Waals surface area contributed by atoms with Gasteiger partial charge in [-0.15, -0.1) is 0 Å². The molecule has 0 radical (unpaired) electrons. The van der Waals surface area contributed by atoms with Crippen molar-refractivity contribution in [3.63, 3.8) is 0 Å². The largest absolute Gasteiger partial charge is 0.383 e. The van der Waals surface area contributed by atoms with E-state index < -0.39 is 0 Å². The third-order valence-electron chi connectivity index (χ3n) is 3.88. The minimum Gasteiger partial charge on any atom is -0.383 e. The number of methoxy groups -OCH3 is 1. The summed E-state index contributed by atoms with van der Waals surface area (Å²) in [6.45, 7) is 3.31. The minimum atomic E-state index is 0.662. The number of hydrogen-bond acceptors (Lipinski definition) is 5. The fourth-order valence-corrected chi connectivity index (χ4v) is 2.58. The summed E-state index contributed by atoms with van der Waals surface area (Å²) in [6.07, 6.45) is 4.49. The molecule has 21 heavy (non-hydrogen) atoms. The molecule has 0 aliphatic heterocycles. The molecule has 1 heterocycles. The molecule has 5 nitrogen and oxygen atoms in total. The fourth-order valence-electron chi connectivity index (χ4n) is 2.58. The molecule has 0 atom stereocenters. The van der Waals surface area contributed by atoms with Gasteiger partial charge in [0, 0.05) is 32.4 Å². The van der Waals surface area contributed by atoms with Gasteiger partial charge in [-0.05, 0) is 44.4 Å². The maximum Gasteiger partial charge on any atom is 0.144 e. The van der Waals surface area contributed by atoms with Crippen LogP contribution in [0.4, 0.5) is 5.82 Å². The van der Waals surface area contributed by atoms with Crippen molar-refractivity contribution in [1.29, 1.82) is 5.26 Å². The molecule has 0 bridgehead atoms. The maximum atomic E-state index is 9.29.